The summed E-state index contributed by atoms with van der Waals surface area (Å²) in [6.45, 7) is 1.63. The molecule has 4 aromatic rings. The summed E-state index contributed by atoms with van der Waals surface area (Å²) in [4.78, 5) is 3.39. The molecule has 6 heteroatoms. The molecule has 2 atom stereocenters. The van der Waals surface area contributed by atoms with Crippen LogP contribution in [-0.2, 0) is 0 Å². The Morgan fingerprint density at radius 2 is 1.66 bits per heavy atom. The lowest BCUT2D eigenvalue weighted by atomic mass is 9.90. The predicted molar refractivity (Wildman–Crippen MR) is 130 cm³/mol. The maximum absolute atomic E-state index is 10.4. The second-order valence-corrected chi connectivity index (χ2v) is 8.71. The molecule has 0 aliphatic heterocycles. The van der Waals surface area contributed by atoms with Gasteiger partial charge < -0.3 is 24.9 Å². The van der Waals surface area contributed by atoms with E-state index in [2.05, 4.69) is 62.8 Å². The normalized spacial score (nSPS) is 13.1. The largest absolute Gasteiger partial charge is 0.497 e. The SMILES string of the molecule is COc1ccc([C@H](C[NH2+]C[C@H](O)COc2ccc(Br)cc2)c2c[nH]c3ccccc23)cc1. The number of nitrogens with one attached hydrogen (secondary N) is 1. The van der Waals surface area contributed by atoms with Gasteiger partial charge in [0.15, 0.2) is 0 Å². The minimum atomic E-state index is -0.557. The molecular weight excluding hydrogens is 468 g/mol. The minimum absolute atomic E-state index is 0.177. The first-order chi connectivity index (χ1) is 15.6. The van der Waals surface area contributed by atoms with Crippen LogP contribution in [-0.4, -0.2) is 43.0 Å². The number of methoxy groups -OCH3 is 1. The molecule has 0 aliphatic carbocycles. The molecule has 32 heavy (non-hydrogen) atoms. The zero-order chi connectivity index (χ0) is 22.3. The summed E-state index contributed by atoms with van der Waals surface area (Å²) in [5.74, 6) is 1.77. The number of aromatic nitrogens is 1. The summed E-state index contributed by atoms with van der Waals surface area (Å²) in [5, 5.41) is 13.8. The van der Waals surface area contributed by atoms with Crippen LogP contribution >= 0.6 is 15.9 Å². The van der Waals surface area contributed by atoms with Gasteiger partial charge in [-0.1, -0.05) is 46.3 Å². The summed E-state index contributed by atoms with van der Waals surface area (Å²) in [7, 11) is 1.68. The number of H-pyrrole nitrogens is 1. The standard InChI is InChI=1S/C26H27BrN2O3/c1-31-21-10-6-18(7-11-21)24(25-16-29-26-5-3-2-4-23(25)26)15-28-14-20(30)17-32-22-12-8-19(27)9-13-22/h2-13,16,20,24,28-30H,14-15,17H2,1H3/p+1/t20-,24-/m0/s1. The summed E-state index contributed by atoms with van der Waals surface area (Å²) in [5.41, 5.74) is 3.60. The van der Waals surface area contributed by atoms with Gasteiger partial charge in [0.1, 0.15) is 30.8 Å². The molecule has 0 aliphatic rings. The predicted octanol–water partition coefficient (Wildman–Crippen LogP) is 4.07. The average Bonchev–Trinajstić information content (AvgIpc) is 3.25. The van der Waals surface area contributed by atoms with Crippen molar-refractivity contribution in [2.24, 2.45) is 0 Å². The second kappa shape index (κ2) is 10.7. The first kappa shape index (κ1) is 22.4. The number of fused-ring (bicyclic) bond motifs is 1. The molecule has 0 spiro atoms. The van der Waals surface area contributed by atoms with E-state index in [9.17, 15) is 5.11 Å². The van der Waals surface area contributed by atoms with Crippen LogP contribution in [0.4, 0.5) is 0 Å². The lowest BCUT2D eigenvalue weighted by molar-refractivity contribution is -0.662. The van der Waals surface area contributed by atoms with E-state index in [1.807, 2.05) is 42.5 Å². The Morgan fingerprint density at radius 1 is 0.938 bits per heavy atom. The Bertz CT molecular complexity index is 1130. The van der Waals surface area contributed by atoms with Crippen LogP contribution in [0.25, 0.3) is 10.9 Å². The number of halogens is 1. The maximum Gasteiger partial charge on any atom is 0.137 e. The summed E-state index contributed by atoms with van der Waals surface area (Å²) in [6.07, 6.45) is 1.54. The Morgan fingerprint density at radius 3 is 2.41 bits per heavy atom. The number of para-hydroxylation sites is 1. The van der Waals surface area contributed by atoms with Gasteiger partial charge in [0.25, 0.3) is 0 Å². The zero-order valence-electron chi connectivity index (χ0n) is 18.0. The summed E-state index contributed by atoms with van der Waals surface area (Å²) in [6, 6.07) is 24.2. The first-order valence-electron chi connectivity index (χ1n) is 10.7. The number of aliphatic hydroxyl groups is 1. The van der Waals surface area contributed by atoms with E-state index in [4.69, 9.17) is 9.47 Å². The smallest absolute Gasteiger partial charge is 0.137 e. The van der Waals surface area contributed by atoms with Crippen LogP contribution in [0.15, 0.2) is 83.5 Å². The third-order valence-corrected chi connectivity index (χ3v) is 6.14. The van der Waals surface area contributed by atoms with Crippen molar-refractivity contribution < 1.29 is 19.9 Å². The molecule has 166 valence electrons. The van der Waals surface area contributed by atoms with Gasteiger partial charge in [-0.3, -0.25) is 0 Å². The van der Waals surface area contributed by atoms with E-state index >= 15 is 0 Å². The number of nitrogens with two attached hydrogens (primary N) is 1. The molecule has 0 bridgehead atoms. The van der Waals surface area contributed by atoms with Crippen LogP contribution in [0.2, 0.25) is 0 Å². The van der Waals surface area contributed by atoms with Crippen molar-refractivity contribution in [1.29, 1.82) is 0 Å². The molecule has 0 saturated carbocycles. The van der Waals surface area contributed by atoms with E-state index < -0.39 is 6.10 Å². The Balaban J connectivity index is 1.42. The molecule has 5 nitrogen and oxygen atoms in total. The van der Waals surface area contributed by atoms with Crippen LogP contribution in [0.1, 0.15) is 17.0 Å². The second-order valence-electron chi connectivity index (χ2n) is 7.79. The third kappa shape index (κ3) is 5.51. The van der Waals surface area contributed by atoms with Gasteiger partial charge in [0, 0.05) is 21.6 Å². The number of aromatic amines is 1. The highest BCUT2D eigenvalue weighted by Crippen LogP contribution is 2.30. The fourth-order valence-electron chi connectivity index (χ4n) is 3.91. The van der Waals surface area contributed by atoms with E-state index in [0.717, 1.165) is 28.0 Å². The third-order valence-electron chi connectivity index (χ3n) is 5.61. The average molecular weight is 496 g/mol. The van der Waals surface area contributed by atoms with Crippen molar-refractivity contribution in [1.82, 2.24) is 4.98 Å². The fraction of sp³-hybridized carbons (Fsp3) is 0.231. The van der Waals surface area contributed by atoms with Crippen molar-refractivity contribution >= 4 is 26.8 Å². The van der Waals surface area contributed by atoms with Gasteiger partial charge in [0.2, 0.25) is 0 Å². The molecule has 3 aromatic carbocycles. The lowest BCUT2D eigenvalue weighted by Gasteiger charge is -2.18. The van der Waals surface area contributed by atoms with Crippen molar-refractivity contribution in [3.8, 4) is 11.5 Å². The highest BCUT2D eigenvalue weighted by molar-refractivity contribution is 9.10. The number of hydrogen-bond acceptors (Lipinski definition) is 3. The van der Waals surface area contributed by atoms with Crippen molar-refractivity contribution in [2.45, 2.75) is 12.0 Å². The Kier molecular flexibility index (Phi) is 7.47. The van der Waals surface area contributed by atoms with Gasteiger partial charge in [0.05, 0.1) is 19.6 Å². The zero-order valence-corrected chi connectivity index (χ0v) is 19.6. The van der Waals surface area contributed by atoms with E-state index in [1.54, 1.807) is 7.11 Å². The Labute approximate surface area is 196 Å². The van der Waals surface area contributed by atoms with E-state index in [0.29, 0.717) is 6.54 Å². The van der Waals surface area contributed by atoms with E-state index in [1.165, 1.54) is 16.5 Å². The van der Waals surface area contributed by atoms with Gasteiger partial charge in [-0.25, -0.2) is 0 Å². The topological polar surface area (TPSA) is 71.1 Å². The monoisotopic (exact) mass is 495 g/mol. The van der Waals surface area contributed by atoms with Crippen LogP contribution in [0.3, 0.4) is 0 Å². The number of ether oxygens (including phenoxy) is 2. The van der Waals surface area contributed by atoms with Crippen LogP contribution in [0.5, 0.6) is 11.5 Å². The molecule has 0 unspecified atom stereocenters. The quantitative estimate of drug-likeness (QED) is 0.310. The van der Waals surface area contributed by atoms with Crippen LogP contribution < -0.4 is 14.8 Å². The number of quaternary nitrogens is 1. The van der Waals surface area contributed by atoms with Crippen molar-refractivity contribution in [2.75, 3.05) is 26.8 Å². The van der Waals surface area contributed by atoms with Gasteiger partial charge in [-0.2, -0.15) is 0 Å². The van der Waals surface area contributed by atoms with Crippen LogP contribution in [0, 0.1) is 0 Å². The maximum atomic E-state index is 10.4. The van der Waals surface area contributed by atoms with Crippen molar-refractivity contribution in [3.63, 3.8) is 0 Å². The van der Waals surface area contributed by atoms with Gasteiger partial charge in [-0.15, -0.1) is 0 Å². The van der Waals surface area contributed by atoms with E-state index in [-0.39, 0.29) is 12.5 Å². The number of hydrogen-bond donors (Lipinski definition) is 3. The molecule has 4 rings (SSSR count). The number of benzene rings is 3. The summed E-state index contributed by atoms with van der Waals surface area (Å²) >= 11 is 3.41. The molecule has 4 N–H and O–H groups in total. The summed E-state index contributed by atoms with van der Waals surface area (Å²) < 4.78 is 12.0. The number of rotatable bonds is 10. The molecule has 1 aromatic heterocycles. The van der Waals surface area contributed by atoms with Gasteiger partial charge >= 0.3 is 0 Å². The molecule has 0 amide bonds. The molecule has 1 heterocycles. The highest BCUT2D eigenvalue weighted by Gasteiger charge is 2.21. The number of aliphatic hydroxyl groups excluding tert-OH is 1. The fourth-order valence-corrected chi connectivity index (χ4v) is 4.17. The molecule has 0 fully saturated rings. The molecule has 0 saturated heterocycles. The molecule has 0 radical (unpaired) electrons. The van der Waals surface area contributed by atoms with Gasteiger partial charge in [-0.05, 0) is 53.6 Å². The first-order valence-corrected chi connectivity index (χ1v) is 11.5. The highest BCUT2D eigenvalue weighted by atomic mass is 79.9. The Hall–Kier alpha value is -2.80. The minimum Gasteiger partial charge on any atom is -0.497 e. The lowest BCUT2D eigenvalue weighted by Crippen LogP contribution is -2.87. The van der Waals surface area contributed by atoms with Crippen molar-refractivity contribution in [3.05, 3.63) is 94.6 Å². The molecular formula is C26H28BrN2O3+.